The minimum atomic E-state index is 0.465. The van der Waals surface area contributed by atoms with Crippen molar-refractivity contribution in [3.05, 3.63) is 0 Å². The first kappa shape index (κ1) is 13.9. The lowest BCUT2D eigenvalue weighted by Gasteiger charge is -2.29. The van der Waals surface area contributed by atoms with Crippen LogP contribution in [0.5, 0.6) is 0 Å². The lowest BCUT2D eigenvalue weighted by Crippen LogP contribution is -2.40. The molecule has 1 saturated heterocycles. The van der Waals surface area contributed by atoms with Gasteiger partial charge in [-0.2, -0.15) is 0 Å². The molecule has 0 aromatic rings. The first-order valence-corrected chi connectivity index (χ1v) is 6.79. The standard InChI is InChI=1S/C13H27NO2/c1-3-5-8-15-10-7-14-12-6-9-16-13(4-2)11-12/h12-14H,3-11H2,1-2H3. The van der Waals surface area contributed by atoms with E-state index in [1.165, 1.54) is 12.8 Å². The SMILES string of the molecule is CCCCOCCNC1CCOC(CC)C1. The topological polar surface area (TPSA) is 30.5 Å². The second-order valence-electron chi connectivity index (χ2n) is 4.54. The van der Waals surface area contributed by atoms with Gasteiger partial charge in [0.25, 0.3) is 0 Å². The summed E-state index contributed by atoms with van der Waals surface area (Å²) in [6.45, 7) is 8.02. The highest BCUT2D eigenvalue weighted by Gasteiger charge is 2.20. The number of nitrogens with one attached hydrogen (secondary N) is 1. The Morgan fingerprint density at radius 1 is 1.31 bits per heavy atom. The molecular formula is C13H27NO2. The molecule has 2 unspecified atom stereocenters. The van der Waals surface area contributed by atoms with E-state index in [2.05, 4.69) is 19.2 Å². The first-order valence-electron chi connectivity index (χ1n) is 6.79. The molecule has 1 aliphatic rings. The van der Waals surface area contributed by atoms with Gasteiger partial charge in [-0.05, 0) is 25.7 Å². The maximum atomic E-state index is 5.65. The molecule has 0 spiro atoms. The summed E-state index contributed by atoms with van der Waals surface area (Å²) >= 11 is 0. The van der Waals surface area contributed by atoms with Gasteiger partial charge in [0.05, 0.1) is 12.7 Å². The van der Waals surface area contributed by atoms with Crippen molar-refractivity contribution in [2.24, 2.45) is 0 Å². The zero-order valence-electron chi connectivity index (χ0n) is 10.8. The van der Waals surface area contributed by atoms with Crippen LogP contribution in [-0.2, 0) is 9.47 Å². The number of hydrogen-bond donors (Lipinski definition) is 1. The van der Waals surface area contributed by atoms with Crippen LogP contribution in [0, 0.1) is 0 Å². The highest BCUT2D eigenvalue weighted by molar-refractivity contribution is 4.75. The Hall–Kier alpha value is -0.120. The summed E-state index contributed by atoms with van der Waals surface area (Å²) in [6, 6.07) is 0.633. The lowest BCUT2D eigenvalue weighted by atomic mass is 10.0. The molecule has 0 radical (unpaired) electrons. The van der Waals surface area contributed by atoms with Crippen molar-refractivity contribution >= 4 is 0 Å². The molecule has 1 aliphatic heterocycles. The third-order valence-corrected chi connectivity index (χ3v) is 3.14. The van der Waals surface area contributed by atoms with Crippen LogP contribution >= 0.6 is 0 Å². The van der Waals surface area contributed by atoms with Crippen LogP contribution in [0.25, 0.3) is 0 Å². The van der Waals surface area contributed by atoms with E-state index in [0.717, 1.165) is 45.6 Å². The average molecular weight is 229 g/mol. The van der Waals surface area contributed by atoms with Gasteiger partial charge >= 0.3 is 0 Å². The molecule has 3 heteroatoms. The fourth-order valence-corrected chi connectivity index (χ4v) is 2.03. The van der Waals surface area contributed by atoms with Gasteiger partial charge < -0.3 is 14.8 Å². The Balaban J connectivity index is 1.95. The summed E-state index contributed by atoms with van der Waals surface area (Å²) in [4.78, 5) is 0. The third kappa shape index (κ3) is 5.83. The number of ether oxygens (including phenoxy) is 2. The number of rotatable bonds is 8. The monoisotopic (exact) mass is 229 g/mol. The first-order chi connectivity index (χ1) is 7.86. The van der Waals surface area contributed by atoms with Gasteiger partial charge in [-0.25, -0.2) is 0 Å². The molecule has 0 aliphatic carbocycles. The normalized spacial score (nSPS) is 25.9. The van der Waals surface area contributed by atoms with Crippen LogP contribution in [0.1, 0.15) is 46.0 Å². The molecule has 1 fully saturated rings. The maximum Gasteiger partial charge on any atom is 0.0591 e. The smallest absolute Gasteiger partial charge is 0.0591 e. The van der Waals surface area contributed by atoms with Crippen LogP contribution in [-0.4, -0.2) is 38.5 Å². The molecule has 3 nitrogen and oxygen atoms in total. The maximum absolute atomic E-state index is 5.65. The van der Waals surface area contributed by atoms with Crippen molar-refractivity contribution in [1.82, 2.24) is 5.32 Å². The molecule has 0 aromatic heterocycles. The molecular weight excluding hydrogens is 202 g/mol. The van der Waals surface area contributed by atoms with E-state index in [1.807, 2.05) is 0 Å². The van der Waals surface area contributed by atoms with Crippen molar-refractivity contribution in [2.75, 3.05) is 26.4 Å². The summed E-state index contributed by atoms with van der Waals surface area (Å²) in [5.74, 6) is 0. The number of unbranched alkanes of at least 4 members (excludes halogenated alkanes) is 1. The van der Waals surface area contributed by atoms with Gasteiger partial charge in [-0.15, -0.1) is 0 Å². The van der Waals surface area contributed by atoms with E-state index in [9.17, 15) is 0 Å². The number of hydrogen-bond acceptors (Lipinski definition) is 3. The molecule has 0 saturated carbocycles. The molecule has 1 N–H and O–H groups in total. The lowest BCUT2D eigenvalue weighted by molar-refractivity contribution is -0.00135. The van der Waals surface area contributed by atoms with Crippen molar-refractivity contribution in [1.29, 1.82) is 0 Å². The van der Waals surface area contributed by atoms with Gasteiger partial charge in [0.15, 0.2) is 0 Å². The predicted molar refractivity (Wildman–Crippen MR) is 66.8 cm³/mol. The third-order valence-electron chi connectivity index (χ3n) is 3.14. The highest BCUT2D eigenvalue weighted by Crippen LogP contribution is 2.15. The minimum absolute atomic E-state index is 0.465. The van der Waals surface area contributed by atoms with Crippen molar-refractivity contribution < 1.29 is 9.47 Å². The fourth-order valence-electron chi connectivity index (χ4n) is 2.03. The van der Waals surface area contributed by atoms with Gasteiger partial charge in [0, 0.05) is 25.8 Å². The van der Waals surface area contributed by atoms with Crippen LogP contribution in [0.3, 0.4) is 0 Å². The summed E-state index contributed by atoms with van der Waals surface area (Å²) in [7, 11) is 0. The van der Waals surface area contributed by atoms with E-state index in [4.69, 9.17) is 9.47 Å². The van der Waals surface area contributed by atoms with Gasteiger partial charge in [-0.3, -0.25) is 0 Å². The minimum Gasteiger partial charge on any atom is -0.380 e. The largest absolute Gasteiger partial charge is 0.380 e. The van der Waals surface area contributed by atoms with Crippen LogP contribution in [0.15, 0.2) is 0 Å². The van der Waals surface area contributed by atoms with Crippen molar-refractivity contribution in [3.8, 4) is 0 Å². The quantitative estimate of drug-likeness (QED) is 0.648. The molecule has 1 rings (SSSR count). The zero-order valence-corrected chi connectivity index (χ0v) is 10.8. The van der Waals surface area contributed by atoms with Crippen LogP contribution in [0.2, 0.25) is 0 Å². The molecule has 2 atom stereocenters. The Bertz CT molecular complexity index is 164. The van der Waals surface area contributed by atoms with Crippen molar-refractivity contribution in [2.45, 2.75) is 58.1 Å². The molecule has 96 valence electrons. The van der Waals surface area contributed by atoms with E-state index < -0.39 is 0 Å². The Morgan fingerprint density at radius 3 is 2.94 bits per heavy atom. The van der Waals surface area contributed by atoms with Crippen LogP contribution in [0.4, 0.5) is 0 Å². The Kier molecular flexibility index (Phi) is 7.81. The second-order valence-corrected chi connectivity index (χ2v) is 4.54. The second kappa shape index (κ2) is 8.97. The molecule has 0 amide bonds. The predicted octanol–water partition coefficient (Wildman–Crippen LogP) is 2.35. The van der Waals surface area contributed by atoms with E-state index in [1.54, 1.807) is 0 Å². The summed E-state index contributed by atoms with van der Waals surface area (Å²) < 4.78 is 11.2. The molecule has 0 aromatic carbocycles. The fraction of sp³-hybridized carbons (Fsp3) is 1.00. The Morgan fingerprint density at radius 2 is 2.19 bits per heavy atom. The average Bonchev–Trinajstić information content (AvgIpc) is 2.34. The van der Waals surface area contributed by atoms with Gasteiger partial charge in [-0.1, -0.05) is 20.3 Å². The van der Waals surface area contributed by atoms with Gasteiger partial charge in [0.1, 0.15) is 0 Å². The zero-order chi connectivity index (χ0) is 11.6. The summed E-state index contributed by atoms with van der Waals surface area (Å²) in [5.41, 5.74) is 0. The van der Waals surface area contributed by atoms with Gasteiger partial charge in [0.2, 0.25) is 0 Å². The molecule has 1 heterocycles. The molecule has 0 bridgehead atoms. The summed E-state index contributed by atoms with van der Waals surface area (Å²) in [6.07, 6.45) is 6.29. The summed E-state index contributed by atoms with van der Waals surface area (Å²) in [5, 5.41) is 3.56. The van der Waals surface area contributed by atoms with Crippen LogP contribution < -0.4 is 5.32 Å². The van der Waals surface area contributed by atoms with E-state index in [-0.39, 0.29) is 0 Å². The highest BCUT2D eigenvalue weighted by atomic mass is 16.5. The molecule has 16 heavy (non-hydrogen) atoms. The van der Waals surface area contributed by atoms with E-state index >= 15 is 0 Å². The van der Waals surface area contributed by atoms with Crippen molar-refractivity contribution in [3.63, 3.8) is 0 Å². The Labute approximate surface area is 99.9 Å². The van der Waals surface area contributed by atoms with E-state index in [0.29, 0.717) is 12.1 Å².